The quantitative estimate of drug-likeness (QED) is 0.663. The van der Waals surface area contributed by atoms with E-state index in [4.69, 9.17) is 0 Å². The summed E-state index contributed by atoms with van der Waals surface area (Å²) < 4.78 is 13.2. The van der Waals surface area contributed by atoms with Gasteiger partial charge in [-0.15, -0.1) is 11.3 Å². The zero-order chi connectivity index (χ0) is 23.3. The van der Waals surface area contributed by atoms with E-state index in [1.54, 1.807) is 17.0 Å². The number of amides is 3. The van der Waals surface area contributed by atoms with Gasteiger partial charge in [-0.1, -0.05) is 19.9 Å². The van der Waals surface area contributed by atoms with Crippen molar-refractivity contribution in [2.75, 3.05) is 13.1 Å². The molecular weight excluding hydrogens is 429 g/mol. The summed E-state index contributed by atoms with van der Waals surface area (Å²) in [5, 5.41) is 7.78. The molecule has 1 aromatic heterocycles. The fraction of sp³-hybridized carbons (Fsp3) is 0.458. The molecule has 2 aromatic rings. The van der Waals surface area contributed by atoms with Crippen LogP contribution in [0.1, 0.15) is 53.6 Å². The Balaban J connectivity index is 1.68. The third-order valence-electron chi connectivity index (χ3n) is 6.07. The van der Waals surface area contributed by atoms with Gasteiger partial charge in [-0.3, -0.25) is 14.4 Å². The highest BCUT2D eigenvalue weighted by atomic mass is 32.1. The van der Waals surface area contributed by atoms with E-state index in [9.17, 15) is 18.8 Å². The van der Waals surface area contributed by atoms with Gasteiger partial charge in [0.15, 0.2) is 0 Å². The SMILES string of the molecule is CC(C)C(C)NC(=O)C(NC(=O)c1cccs1)C1CCN(C(=O)c2ccc(F)cc2)CC1. The summed E-state index contributed by atoms with van der Waals surface area (Å²) in [6, 6.07) is 8.35. The molecule has 1 aliphatic heterocycles. The molecular formula is C24H30FN3O3S. The first kappa shape index (κ1) is 23.9. The van der Waals surface area contributed by atoms with Crippen LogP contribution in [0.2, 0.25) is 0 Å². The van der Waals surface area contributed by atoms with Crippen molar-refractivity contribution in [3.05, 3.63) is 58.0 Å². The highest BCUT2D eigenvalue weighted by Crippen LogP contribution is 2.24. The minimum atomic E-state index is -0.672. The molecule has 1 saturated heterocycles. The van der Waals surface area contributed by atoms with E-state index in [2.05, 4.69) is 10.6 Å². The van der Waals surface area contributed by atoms with E-state index in [0.717, 1.165) is 0 Å². The van der Waals surface area contributed by atoms with Crippen molar-refractivity contribution in [2.24, 2.45) is 11.8 Å². The summed E-state index contributed by atoms with van der Waals surface area (Å²) >= 11 is 1.33. The van der Waals surface area contributed by atoms with Crippen LogP contribution in [0.5, 0.6) is 0 Å². The zero-order valence-corrected chi connectivity index (χ0v) is 19.5. The van der Waals surface area contributed by atoms with E-state index in [0.29, 0.717) is 36.4 Å². The number of halogens is 1. The van der Waals surface area contributed by atoms with Gasteiger partial charge in [0.25, 0.3) is 11.8 Å². The number of carbonyl (C=O) groups is 3. The first-order valence-electron chi connectivity index (χ1n) is 11.0. The fourth-order valence-corrected chi connectivity index (χ4v) is 4.34. The normalized spacial score (nSPS) is 16.5. The Labute approximate surface area is 192 Å². The predicted molar refractivity (Wildman–Crippen MR) is 123 cm³/mol. The van der Waals surface area contributed by atoms with Gasteiger partial charge in [0, 0.05) is 24.7 Å². The van der Waals surface area contributed by atoms with E-state index in [1.165, 1.54) is 35.6 Å². The molecule has 1 aliphatic rings. The number of likely N-dealkylation sites (tertiary alicyclic amines) is 1. The summed E-state index contributed by atoms with van der Waals surface area (Å²) in [6.45, 7) is 6.96. The van der Waals surface area contributed by atoms with E-state index in [1.807, 2.05) is 26.2 Å². The van der Waals surface area contributed by atoms with Crippen LogP contribution in [-0.4, -0.2) is 47.8 Å². The average Bonchev–Trinajstić information content (AvgIpc) is 3.32. The molecule has 32 heavy (non-hydrogen) atoms. The largest absolute Gasteiger partial charge is 0.352 e. The van der Waals surface area contributed by atoms with Gasteiger partial charge in [0.1, 0.15) is 11.9 Å². The molecule has 1 fully saturated rings. The molecule has 1 aromatic carbocycles. The van der Waals surface area contributed by atoms with Crippen molar-refractivity contribution < 1.29 is 18.8 Å². The Bertz CT molecular complexity index is 922. The molecule has 3 rings (SSSR count). The highest BCUT2D eigenvalue weighted by molar-refractivity contribution is 7.12. The van der Waals surface area contributed by atoms with Gasteiger partial charge in [0.2, 0.25) is 5.91 Å². The molecule has 6 nitrogen and oxygen atoms in total. The van der Waals surface area contributed by atoms with Crippen LogP contribution >= 0.6 is 11.3 Å². The van der Waals surface area contributed by atoms with Crippen LogP contribution in [0.25, 0.3) is 0 Å². The Morgan fingerprint density at radius 2 is 1.69 bits per heavy atom. The maximum Gasteiger partial charge on any atom is 0.262 e. The minimum absolute atomic E-state index is 0.0243. The molecule has 0 aliphatic carbocycles. The monoisotopic (exact) mass is 459 g/mol. The molecule has 8 heteroatoms. The Hall–Kier alpha value is -2.74. The zero-order valence-electron chi connectivity index (χ0n) is 18.6. The summed E-state index contributed by atoms with van der Waals surface area (Å²) in [6.07, 6.45) is 1.18. The molecule has 0 saturated carbocycles. The molecule has 3 amide bonds. The summed E-state index contributed by atoms with van der Waals surface area (Å²) in [4.78, 5) is 40.8. The van der Waals surface area contributed by atoms with Crippen LogP contribution in [0.3, 0.4) is 0 Å². The van der Waals surface area contributed by atoms with Crippen molar-refractivity contribution in [1.29, 1.82) is 0 Å². The number of carbonyl (C=O) groups excluding carboxylic acids is 3. The Kier molecular flexibility index (Phi) is 8.01. The number of hydrogen-bond acceptors (Lipinski definition) is 4. The lowest BCUT2D eigenvalue weighted by Gasteiger charge is -2.36. The van der Waals surface area contributed by atoms with Gasteiger partial charge >= 0.3 is 0 Å². The highest BCUT2D eigenvalue weighted by Gasteiger charge is 2.35. The second-order valence-electron chi connectivity index (χ2n) is 8.61. The second-order valence-corrected chi connectivity index (χ2v) is 9.55. The van der Waals surface area contributed by atoms with Gasteiger partial charge in [-0.2, -0.15) is 0 Å². The predicted octanol–water partition coefficient (Wildman–Crippen LogP) is 3.70. The lowest BCUT2D eigenvalue weighted by Crippen LogP contribution is -2.55. The topological polar surface area (TPSA) is 78.5 Å². The van der Waals surface area contributed by atoms with Crippen LogP contribution < -0.4 is 10.6 Å². The maximum absolute atomic E-state index is 13.2. The lowest BCUT2D eigenvalue weighted by molar-refractivity contribution is -0.125. The molecule has 2 unspecified atom stereocenters. The van der Waals surface area contributed by atoms with Gasteiger partial charge in [-0.05, 0) is 67.3 Å². The summed E-state index contributed by atoms with van der Waals surface area (Å²) in [5.41, 5.74) is 0.441. The minimum Gasteiger partial charge on any atom is -0.352 e. The number of rotatable bonds is 7. The van der Waals surface area contributed by atoms with E-state index < -0.39 is 6.04 Å². The third kappa shape index (κ3) is 5.94. The number of nitrogens with one attached hydrogen (secondary N) is 2. The van der Waals surface area contributed by atoms with Crippen molar-refractivity contribution in [3.8, 4) is 0 Å². The lowest BCUT2D eigenvalue weighted by atomic mass is 9.88. The van der Waals surface area contributed by atoms with Crippen LogP contribution in [0.15, 0.2) is 41.8 Å². The molecule has 0 spiro atoms. The number of nitrogens with zero attached hydrogens (tertiary/aromatic N) is 1. The average molecular weight is 460 g/mol. The molecule has 2 atom stereocenters. The van der Waals surface area contributed by atoms with Crippen molar-refractivity contribution in [1.82, 2.24) is 15.5 Å². The molecule has 2 heterocycles. The Morgan fingerprint density at radius 1 is 1.03 bits per heavy atom. The van der Waals surface area contributed by atoms with Gasteiger partial charge in [-0.25, -0.2) is 4.39 Å². The van der Waals surface area contributed by atoms with Crippen LogP contribution in [0.4, 0.5) is 4.39 Å². The fourth-order valence-electron chi connectivity index (χ4n) is 3.71. The first-order valence-corrected chi connectivity index (χ1v) is 11.8. The molecule has 2 N–H and O–H groups in total. The summed E-state index contributed by atoms with van der Waals surface area (Å²) in [7, 11) is 0. The second kappa shape index (κ2) is 10.7. The van der Waals surface area contributed by atoms with E-state index >= 15 is 0 Å². The summed E-state index contributed by atoms with van der Waals surface area (Å²) in [5.74, 6) is -0.813. The Morgan fingerprint density at radius 3 is 2.25 bits per heavy atom. The molecule has 0 bridgehead atoms. The number of piperidine rings is 1. The van der Waals surface area contributed by atoms with Gasteiger partial charge < -0.3 is 15.5 Å². The number of thiophene rings is 1. The maximum atomic E-state index is 13.2. The standard InChI is InChI=1S/C24H30FN3O3S/c1-15(2)16(3)26-23(30)21(27-22(29)20-5-4-14-32-20)17-10-12-28(13-11-17)24(31)18-6-8-19(25)9-7-18/h4-9,14-17,21H,10-13H2,1-3H3,(H,26,30)(H,27,29). The third-order valence-corrected chi connectivity index (χ3v) is 6.94. The number of benzene rings is 1. The van der Waals surface area contributed by atoms with Crippen LogP contribution in [-0.2, 0) is 4.79 Å². The van der Waals surface area contributed by atoms with Gasteiger partial charge in [0.05, 0.1) is 4.88 Å². The number of hydrogen-bond donors (Lipinski definition) is 2. The van der Waals surface area contributed by atoms with Crippen molar-refractivity contribution in [2.45, 2.75) is 45.7 Å². The smallest absolute Gasteiger partial charge is 0.262 e. The molecule has 172 valence electrons. The van der Waals surface area contributed by atoms with Crippen LogP contribution in [0, 0.1) is 17.7 Å². The molecule has 0 radical (unpaired) electrons. The van der Waals surface area contributed by atoms with E-state index in [-0.39, 0.29) is 41.4 Å². The van der Waals surface area contributed by atoms with Crippen molar-refractivity contribution in [3.63, 3.8) is 0 Å². The van der Waals surface area contributed by atoms with Crippen molar-refractivity contribution >= 4 is 29.1 Å². The first-order chi connectivity index (χ1) is 15.3.